The Balaban J connectivity index is 1.52. The molecule has 2 heterocycles. The summed E-state index contributed by atoms with van der Waals surface area (Å²) in [6.45, 7) is 4.53. The minimum atomic E-state index is -0.531. The van der Waals surface area contributed by atoms with E-state index in [0.29, 0.717) is 12.0 Å². The Hall–Kier alpha value is -0.120. The lowest BCUT2D eigenvalue weighted by Gasteiger charge is -2.43. The average molecular weight is 183 g/mol. The Morgan fingerprint density at radius 2 is 2.00 bits per heavy atom. The SMILES string of the molecule is OC1(CN2CC3(CC3)C2)CCOC1. The number of hydrogen-bond donors (Lipinski definition) is 1. The van der Waals surface area contributed by atoms with Crippen LogP contribution in [-0.4, -0.2) is 48.5 Å². The van der Waals surface area contributed by atoms with Crippen molar-refractivity contribution in [2.75, 3.05) is 32.8 Å². The van der Waals surface area contributed by atoms with E-state index < -0.39 is 5.60 Å². The standard InChI is InChI=1S/C10H17NO2/c12-10(3-4-13-8-10)7-11-5-9(6-11)1-2-9/h12H,1-8H2. The van der Waals surface area contributed by atoms with Crippen molar-refractivity contribution in [3.8, 4) is 0 Å². The lowest BCUT2D eigenvalue weighted by atomic mass is 9.93. The highest BCUT2D eigenvalue weighted by atomic mass is 16.5. The third-order valence-electron chi connectivity index (χ3n) is 3.68. The molecule has 1 aliphatic carbocycles. The fraction of sp³-hybridized carbons (Fsp3) is 1.00. The van der Waals surface area contributed by atoms with Gasteiger partial charge in [-0.1, -0.05) is 0 Å². The van der Waals surface area contributed by atoms with Gasteiger partial charge in [-0.15, -0.1) is 0 Å². The van der Waals surface area contributed by atoms with Crippen molar-refractivity contribution in [3.63, 3.8) is 0 Å². The summed E-state index contributed by atoms with van der Waals surface area (Å²) >= 11 is 0. The maximum absolute atomic E-state index is 10.1. The van der Waals surface area contributed by atoms with Crippen molar-refractivity contribution in [1.82, 2.24) is 4.90 Å². The van der Waals surface area contributed by atoms with Crippen molar-refractivity contribution in [2.24, 2.45) is 5.41 Å². The fourth-order valence-electron chi connectivity index (χ4n) is 2.64. The first-order valence-electron chi connectivity index (χ1n) is 5.22. The molecule has 1 spiro atoms. The van der Waals surface area contributed by atoms with Crippen LogP contribution in [0, 0.1) is 5.41 Å². The number of likely N-dealkylation sites (tertiary alicyclic amines) is 1. The van der Waals surface area contributed by atoms with E-state index in [2.05, 4.69) is 4.90 Å². The van der Waals surface area contributed by atoms with Crippen LogP contribution in [0.5, 0.6) is 0 Å². The van der Waals surface area contributed by atoms with E-state index in [0.717, 1.165) is 19.6 Å². The van der Waals surface area contributed by atoms with Gasteiger partial charge < -0.3 is 9.84 Å². The van der Waals surface area contributed by atoms with Gasteiger partial charge in [0.2, 0.25) is 0 Å². The summed E-state index contributed by atoms with van der Waals surface area (Å²) in [6.07, 6.45) is 3.65. The van der Waals surface area contributed by atoms with Gasteiger partial charge in [0.05, 0.1) is 6.61 Å². The molecular formula is C10H17NO2. The molecular weight excluding hydrogens is 166 g/mol. The largest absolute Gasteiger partial charge is 0.386 e. The summed E-state index contributed by atoms with van der Waals surface area (Å²) in [5.41, 5.74) is 0.173. The maximum atomic E-state index is 10.1. The molecule has 0 aromatic carbocycles. The smallest absolute Gasteiger partial charge is 0.103 e. The van der Waals surface area contributed by atoms with Crippen molar-refractivity contribution >= 4 is 0 Å². The van der Waals surface area contributed by atoms with E-state index >= 15 is 0 Å². The Labute approximate surface area is 78.7 Å². The highest BCUT2D eigenvalue weighted by Gasteiger charge is 2.53. The maximum Gasteiger partial charge on any atom is 0.103 e. The van der Waals surface area contributed by atoms with Gasteiger partial charge in [0.25, 0.3) is 0 Å². The number of rotatable bonds is 2. The summed E-state index contributed by atoms with van der Waals surface area (Å²) in [7, 11) is 0. The van der Waals surface area contributed by atoms with Gasteiger partial charge in [-0.3, -0.25) is 4.90 Å². The van der Waals surface area contributed by atoms with Gasteiger partial charge in [-0.05, 0) is 18.3 Å². The van der Waals surface area contributed by atoms with E-state index in [1.54, 1.807) is 0 Å². The summed E-state index contributed by atoms with van der Waals surface area (Å²) in [5.74, 6) is 0. The van der Waals surface area contributed by atoms with E-state index in [1.807, 2.05) is 0 Å². The van der Waals surface area contributed by atoms with Gasteiger partial charge in [0, 0.05) is 32.7 Å². The summed E-state index contributed by atoms with van der Waals surface area (Å²) < 4.78 is 5.22. The van der Waals surface area contributed by atoms with Crippen LogP contribution >= 0.6 is 0 Å². The molecule has 1 unspecified atom stereocenters. The second-order valence-corrected chi connectivity index (χ2v) is 5.17. The van der Waals surface area contributed by atoms with E-state index in [9.17, 15) is 5.11 Å². The molecule has 2 saturated heterocycles. The number of β-amino-alcohol motifs (C(OH)–C–C–N with tert-alkyl or cyclic N) is 1. The third-order valence-corrected chi connectivity index (χ3v) is 3.68. The Morgan fingerprint density at radius 3 is 2.54 bits per heavy atom. The van der Waals surface area contributed by atoms with E-state index in [1.165, 1.54) is 25.9 Å². The van der Waals surface area contributed by atoms with Crippen molar-refractivity contribution in [1.29, 1.82) is 0 Å². The highest BCUT2D eigenvalue weighted by molar-refractivity contribution is 5.06. The predicted octanol–water partition coefficient (Wildman–Crippen LogP) is 0.234. The van der Waals surface area contributed by atoms with E-state index in [-0.39, 0.29) is 0 Å². The molecule has 3 nitrogen and oxygen atoms in total. The van der Waals surface area contributed by atoms with Crippen LogP contribution in [0.1, 0.15) is 19.3 Å². The second kappa shape index (κ2) is 2.47. The van der Waals surface area contributed by atoms with Crippen LogP contribution in [0.15, 0.2) is 0 Å². The Morgan fingerprint density at radius 1 is 1.23 bits per heavy atom. The van der Waals surface area contributed by atoms with Crippen molar-refractivity contribution in [2.45, 2.75) is 24.9 Å². The average Bonchev–Trinajstić information content (AvgIpc) is 2.69. The monoisotopic (exact) mass is 183 g/mol. The van der Waals surface area contributed by atoms with Crippen LogP contribution in [0.4, 0.5) is 0 Å². The van der Waals surface area contributed by atoms with Crippen LogP contribution in [0.3, 0.4) is 0 Å². The molecule has 0 radical (unpaired) electrons. The van der Waals surface area contributed by atoms with E-state index in [4.69, 9.17) is 4.74 Å². The normalized spacial score (nSPS) is 42.2. The van der Waals surface area contributed by atoms with Crippen LogP contribution in [0.2, 0.25) is 0 Å². The lowest BCUT2D eigenvalue weighted by Crippen LogP contribution is -2.55. The van der Waals surface area contributed by atoms with Crippen molar-refractivity contribution < 1.29 is 9.84 Å². The lowest BCUT2D eigenvalue weighted by molar-refractivity contribution is -0.0405. The van der Waals surface area contributed by atoms with Gasteiger partial charge in [-0.2, -0.15) is 0 Å². The third kappa shape index (κ3) is 1.39. The molecule has 1 atom stereocenters. The number of nitrogens with zero attached hydrogens (tertiary/aromatic N) is 1. The molecule has 1 saturated carbocycles. The molecule has 13 heavy (non-hydrogen) atoms. The molecule has 3 rings (SSSR count). The zero-order chi connectivity index (χ0) is 8.94. The minimum absolute atomic E-state index is 0.531. The summed E-state index contributed by atoms with van der Waals surface area (Å²) in [4.78, 5) is 2.38. The van der Waals surface area contributed by atoms with Gasteiger partial charge in [0.1, 0.15) is 5.60 Å². The second-order valence-electron chi connectivity index (χ2n) is 5.17. The molecule has 3 aliphatic rings. The first-order valence-corrected chi connectivity index (χ1v) is 5.22. The Bertz CT molecular complexity index is 211. The van der Waals surface area contributed by atoms with Crippen LogP contribution in [0.25, 0.3) is 0 Å². The number of ether oxygens (including phenoxy) is 1. The molecule has 2 aliphatic heterocycles. The topological polar surface area (TPSA) is 32.7 Å². The Kier molecular flexibility index (Phi) is 1.56. The van der Waals surface area contributed by atoms with Crippen LogP contribution in [-0.2, 0) is 4.74 Å². The van der Waals surface area contributed by atoms with Gasteiger partial charge in [0.15, 0.2) is 0 Å². The molecule has 0 bridgehead atoms. The predicted molar refractivity (Wildman–Crippen MR) is 48.5 cm³/mol. The zero-order valence-electron chi connectivity index (χ0n) is 7.96. The molecule has 74 valence electrons. The molecule has 0 aromatic rings. The molecule has 0 amide bonds. The fourth-order valence-corrected chi connectivity index (χ4v) is 2.64. The van der Waals surface area contributed by atoms with Crippen LogP contribution < -0.4 is 0 Å². The number of hydrogen-bond acceptors (Lipinski definition) is 3. The van der Waals surface area contributed by atoms with Gasteiger partial charge in [-0.25, -0.2) is 0 Å². The van der Waals surface area contributed by atoms with Crippen molar-refractivity contribution in [3.05, 3.63) is 0 Å². The molecule has 1 N–H and O–H groups in total. The summed E-state index contributed by atoms with van der Waals surface area (Å²) in [6, 6.07) is 0. The number of aliphatic hydroxyl groups is 1. The molecule has 0 aromatic heterocycles. The first-order chi connectivity index (χ1) is 6.20. The first kappa shape index (κ1) is 8.21. The quantitative estimate of drug-likeness (QED) is 0.665. The molecule has 3 fully saturated rings. The zero-order valence-corrected chi connectivity index (χ0v) is 7.96. The summed E-state index contributed by atoms with van der Waals surface area (Å²) in [5, 5.41) is 10.1. The molecule has 3 heteroatoms. The highest BCUT2D eigenvalue weighted by Crippen LogP contribution is 2.53. The minimum Gasteiger partial charge on any atom is -0.386 e. The van der Waals surface area contributed by atoms with Gasteiger partial charge >= 0.3 is 0 Å².